The molecule has 0 aromatic heterocycles. The summed E-state index contributed by atoms with van der Waals surface area (Å²) in [7, 11) is 0. The number of hydrazone groups is 1. The molecule has 6 nitrogen and oxygen atoms in total. The molecule has 1 aliphatic heterocycles. The van der Waals surface area contributed by atoms with Crippen LogP contribution in [0.3, 0.4) is 0 Å². The number of hydrogen-bond donors (Lipinski definition) is 1. The number of carbonyl (C=O) groups is 1. The first kappa shape index (κ1) is 19.3. The third-order valence-corrected chi connectivity index (χ3v) is 4.37. The van der Waals surface area contributed by atoms with E-state index in [9.17, 15) is 4.79 Å². The molecule has 142 valence electrons. The molecule has 1 amide bonds. The van der Waals surface area contributed by atoms with Crippen LogP contribution in [0.2, 0.25) is 10.0 Å². The minimum Gasteiger partial charge on any atom is -0.492 e. The number of benzene rings is 2. The molecule has 0 bridgehead atoms. The molecule has 0 saturated carbocycles. The molecule has 0 saturated heterocycles. The first-order valence-electron chi connectivity index (χ1n) is 8.34. The van der Waals surface area contributed by atoms with E-state index in [1.165, 1.54) is 0 Å². The van der Waals surface area contributed by atoms with Crippen molar-refractivity contribution in [1.29, 1.82) is 0 Å². The number of nitrogens with one attached hydrogen (secondary N) is 1. The van der Waals surface area contributed by atoms with E-state index in [1.54, 1.807) is 18.2 Å². The predicted molar refractivity (Wildman–Crippen MR) is 104 cm³/mol. The van der Waals surface area contributed by atoms with Gasteiger partial charge in [-0.15, -0.1) is 0 Å². The lowest BCUT2D eigenvalue weighted by Gasteiger charge is -2.08. The average molecular weight is 409 g/mol. The minimum absolute atomic E-state index is 0.194. The van der Waals surface area contributed by atoms with E-state index >= 15 is 0 Å². The highest BCUT2D eigenvalue weighted by Crippen LogP contribution is 2.32. The van der Waals surface area contributed by atoms with E-state index in [0.717, 1.165) is 5.56 Å². The van der Waals surface area contributed by atoms with E-state index in [2.05, 4.69) is 10.5 Å². The second-order valence-corrected chi connectivity index (χ2v) is 6.67. The fourth-order valence-corrected chi connectivity index (χ4v) is 2.86. The van der Waals surface area contributed by atoms with Gasteiger partial charge in [-0.25, -0.2) is 5.43 Å². The van der Waals surface area contributed by atoms with Crippen LogP contribution in [-0.4, -0.2) is 25.0 Å². The van der Waals surface area contributed by atoms with Gasteiger partial charge in [0.1, 0.15) is 5.75 Å². The van der Waals surface area contributed by atoms with Crippen LogP contribution in [0.4, 0.5) is 0 Å². The quantitative estimate of drug-likeness (QED) is 0.418. The highest BCUT2D eigenvalue weighted by atomic mass is 35.5. The monoisotopic (exact) mass is 408 g/mol. The molecule has 0 fully saturated rings. The average Bonchev–Trinajstić information content (AvgIpc) is 3.12. The van der Waals surface area contributed by atoms with Crippen molar-refractivity contribution in [2.24, 2.45) is 5.10 Å². The second-order valence-electron chi connectivity index (χ2n) is 5.83. The Kier molecular flexibility index (Phi) is 6.42. The summed E-state index contributed by atoms with van der Waals surface area (Å²) < 4.78 is 16.2. The van der Waals surface area contributed by atoms with Crippen LogP contribution in [0.25, 0.3) is 0 Å². The molecule has 0 unspecified atom stereocenters. The predicted octanol–water partition coefficient (Wildman–Crippen LogP) is 4.42. The van der Waals surface area contributed by atoms with Crippen LogP contribution in [0.5, 0.6) is 17.2 Å². The smallest absolute Gasteiger partial charge is 0.240 e. The van der Waals surface area contributed by atoms with Crippen molar-refractivity contribution < 1.29 is 19.0 Å². The van der Waals surface area contributed by atoms with Crippen LogP contribution in [0.1, 0.15) is 25.3 Å². The molecular weight excluding hydrogens is 391 g/mol. The van der Waals surface area contributed by atoms with Crippen LogP contribution in [0, 0.1) is 0 Å². The molecular formula is C19H18Cl2N2O4. The van der Waals surface area contributed by atoms with Gasteiger partial charge < -0.3 is 14.2 Å². The Labute approximate surface area is 167 Å². The summed E-state index contributed by atoms with van der Waals surface area (Å²) >= 11 is 11.9. The van der Waals surface area contributed by atoms with Crippen molar-refractivity contribution in [3.63, 3.8) is 0 Å². The Balaban J connectivity index is 1.43. The zero-order chi connectivity index (χ0) is 19.2. The minimum atomic E-state index is -0.194. The first-order valence-corrected chi connectivity index (χ1v) is 9.09. The van der Waals surface area contributed by atoms with Crippen LogP contribution < -0.4 is 19.6 Å². The summed E-state index contributed by atoms with van der Waals surface area (Å²) in [5.41, 5.74) is 4.06. The fourth-order valence-electron chi connectivity index (χ4n) is 2.40. The number of fused-ring (bicyclic) bond motifs is 1. The number of rotatable bonds is 7. The molecule has 1 heterocycles. The summed E-state index contributed by atoms with van der Waals surface area (Å²) in [5.74, 6) is 1.72. The first-order chi connectivity index (χ1) is 13.0. The number of halogens is 2. The lowest BCUT2D eigenvalue weighted by atomic mass is 10.1. The maximum atomic E-state index is 11.9. The normalized spacial score (nSPS) is 12.8. The van der Waals surface area contributed by atoms with Crippen molar-refractivity contribution in [3.8, 4) is 17.2 Å². The summed E-state index contributed by atoms with van der Waals surface area (Å²) in [4.78, 5) is 11.9. The molecule has 2 aromatic carbocycles. The van der Waals surface area contributed by atoms with Crippen molar-refractivity contribution in [1.82, 2.24) is 5.43 Å². The molecule has 1 N–H and O–H groups in total. The molecule has 0 spiro atoms. The lowest BCUT2D eigenvalue weighted by molar-refractivity contribution is -0.121. The van der Waals surface area contributed by atoms with Crippen LogP contribution >= 0.6 is 23.2 Å². The standard InChI is InChI=1S/C19H18Cl2N2O4/c1-12(13-4-6-17-18(9-13)27-11-26-17)22-23-19(24)3-2-8-25-16-7-5-14(20)10-15(16)21/h4-7,9-10H,2-3,8,11H2,1H3,(H,23,24). The summed E-state index contributed by atoms with van der Waals surface area (Å²) in [6.07, 6.45) is 0.812. The maximum absolute atomic E-state index is 11.9. The van der Waals surface area contributed by atoms with Crippen molar-refractivity contribution >= 4 is 34.8 Å². The molecule has 27 heavy (non-hydrogen) atoms. The molecule has 1 aliphatic rings. The maximum Gasteiger partial charge on any atom is 0.240 e. The topological polar surface area (TPSA) is 69.2 Å². The zero-order valence-electron chi connectivity index (χ0n) is 14.6. The Morgan fingerprint density at radius 1 is 1.19 bits per heavy atom. The number of carbonyl (C=O) groups excluding carboxylic acids is 1. The number of hydrogen-bond acceptors (Lipinski definition) is 5. The number of amides is 1. The van der Waals surface area contributed by atoms with Gasteiger partial charge in [-0.2, -0.15) is 5.10 Å². The summed E-state index contributed by atoms with van der Waals surface area (Å²) in [6.45, 7) is 2.39. The van der Waals surface area contributed by atoms with Crippen LogP contribution in [0.15, 0.2) is 41.5 Å². The van der Waals surface area contributed by atoms with Gasteiger partial charge in [0.2, 0.25) is 12.7 Å². The lowest BCUT2D eigenvalue weighted by Crippen LogP contribution is -2.19. The van der Waals surface area contributed by atoms with Crippen LogP contribution in [-0.2, 0) is 4.79 Å². The summed E-state index contributed by atoms with van der Waals surface area (Å²) in [6, 6.07) is 10.5. The van der Waals surface area contributed by atoms with E-state index in [-0.39, 0.29) is 19.1 Å². The molecule has 0 aliphatic carbocycles. The molecule has 3 rings (SSSR count). The van der Waals surface area contributed by atoms with Gasteiger partial charge in [-0.1, -0.05) is 23.2 Å². The van der Waals surface area contributed by atoms with E-state index in [0.29, 0.717) is 46.0 Å². The Hall–Kier alpha value is -2.44. The SMILES string of the molecule is CC(=NNC(=O)CCCOc1ccc(Cl)cc1Cl)c1ccc2c(c1)OCO2. The van der Waals surface area contributed by atoms with Gasteiger partial charge in [-0.3, -0.25) is 4.79 Å². The van der Waals surface area contributed by atoms with Gasteiger partial charge in [0.05, 0.1) is 17.3 Å². The highest BCUT2D eigenvalue weighted by Gasteiger charge is 2.14. The number of ether oxygens (including phenoxy) is 3. The third kappa shape index (κ3) is 5.28. The van der Waals surface area contributed by atoms with E-state index in [1.807, 2.05) is 25.1 Å². The molecule has 0 radical (unpaired) electrons. The van der Waals surface area contributed by atoms with Gasteiger partial charge in [0.15, 0.2) is 11.5 Å². The van der Waals surface area contributed by atoms with Crippen molar-refractivity contribution in [3.05, 3.63) is 52.0 Å². The van der Waals surface area contributed by atoms with Crippen molar-refractivity contribution in [2.75, 3.05) is 13.4 Å². The second kappa shape index (κ2) is 8.97. The Morgan fingerprint density at radius 2 is 2.00 bits per heavy atom. The Bertz CT molecular complexity index is 871. The third-order valence-electron chi connectivity index (χ3n) is 3.84. The molecule has 0 atom stereocenters. The molecule has 8 heteroatoms. The van der Waals surface area contributed by atoms with Gasteiger partial charge in [-0.05, 0) is 49.7 Å². The van der Waals surface area contributed by atoms with Gasteiger partial charge in [0.25, 0.3) is 0 Å². The largest absolute Gasteiger partial charge is 0.492 e. The van der Waals surface area contributed by atoms with Gasteiger partial charge in [0, 0.05) is 17.0 Å². The van der Waals surface area contributed by atoms with E-state index in [4.69, 9.17) is 37.4 Å². The summed E-state index contributed by atoms with van der Waals surface area (Å²) in [5, 5.41) is 5.11. The number of nitrogens with zero attached hydrogens (tertiary/aromatic N) is 1. The van der Waals surface area contributed by atoms with Gasteiger partial charge >= 0.3 is 0 Å². The zero-order valence-corrected chi connectivity index (χ0v) is 16.1. The highest BCUT2D eigenvalue weighted by molar-refractivity contribution is 6.35. The Morgan fingerprint density at radius 3 is 2.81 bits per heavy atom. The fraction of sp³-hybridized carbons (Fsp3) is 0.263. The van der Waals surface area contributed by atoms with Crippen molar-refractivity contribution in [2.45, 2.75) is 19.8 Å². The molecule has 2 aromatic rings. The van der Waals surface area contributed by atoms with E-state index < -0.39 is 0 Å².